The number of anilines is 3. The Balaban J connectivity index is 1.35. The van der Waals surface area contributed by atoms with Crippen molar-refractivity contribution in [3.05, 3.63) is 12.3 Å². The summed E-state index contributed by atoms with van der Waals surface area (Å²) in [5, 5.41) is 11.9. The number of ether oxygens (including phenoxy) is 3. The lowest BCUT2D eigenvalue weighted by atomic mass is 10.2. The van der Waals surface area contributed by atoms with E-state index in [1.807, 2.05) is 6.07 Å². The number of aliphatic hydroxyl groups excluding tert-OH is 1. The summed E-state index contributed by atoms with van der Waals surface area (Å²) in [7, 11) is 0. The van der Waals surface area contributed by atoms with Gasteiger partial charge in [0.05, 0.1) is 50.6 Å². The van der Waals surface area contributed by atoms with E-state index < -0.39 is 0 Å². The number of nitrogens with one attached hydrogen (secondary N) is 1. The number of aromatic nitrogens is 1. The van der Waals surface area contributed by atoms with Crippen LogP contribution in [0.25, 0.3) is 0 Å². The second-order valence-electron chi connectivity index (χ2n) is 8.44. The number of fused-ring (bicyclic) bond motifs is 1. The van der Waals surface area contributed by atoms with Crippen molar-refractivity contribution < 1.29 is 19.3 Å². The van der Waals surface area contributed by atoms with E-state index in [1.54, 1.807) is 6.20 Å². The van der Waals surface area contributed by atoms with Crippen LogP contribution < -0.4 is 20.9 Å². The molecule has 188 valence electrons. The molecule has 0 amide bonds. The van der Waals surface area contributed by atoms with Gasteiger partial charge >= 0.3 is 0 Å². The van der Waals surface area contributed by atoms with Crippen LogP contribution in [0.3, 0.4) is 0 Å². The van der Waals surface area contributed by atoms with E-state index in [9.17, 15) is 0 Å². The normalized spacial score (nSPS) is 16.9. The molecule has 4 N–H and O–H groups in total. The largest absolute Gasteiger partial charge is 0.397 e. The maximum Gasteiger partial charge on any atom is 0.152 e. The molecule has 0 saturated carbocycles. The standard InChI is InChI=1S/C23H42N6O4/c24-21-19-22-23(26-20-21)29(11-18-32-14-2-5-27-8-15-33-16-9-27)7-6-28(22)10-17-31-13-1-3-25-4-12-30/h19-20,25,30H,1-18,24H2. The quantitative estimate of drug-likeness (QED) is 0.289. The summed E-state index contributed by atoms with van der Waals surface area (Å²) >= 11 is 0. The van der Waals surface area contributed by atoms with E-state index in [0.29, 0.717) is 32.1 Å². The van der Waals surface area contributed by atoms with E-state index >= 15 is 0 Å². The molecule has 3 heterocycles. The van der Waals surface area contributed by atoms with E-state index in [4.69, 9.17) is 25.1 Å². The summed E-state index contributed by atoms with van der Waals surface area (Å²) in [6, 6.07) is 2.01. The van der Waals surface area contributed by atoms with Crippen molar-refractivity contribution in [2.45, 2.75) is 12.8 Å². The molecule has 1 fully saturated rings. The van der Waals surface area contributed by atoms with Gasteiger partial charge in [-0.05, 0) is 25.5 Å². The molecule has 10 heteroatoms. The summed E-state index contributed by atoms with van der Waals surface area (Å²) < 4.78 is 17.1. The van der Waals surface area contributed by atoms with Crippen molar-refractivity contribution >= 4 is 17.2 Å². The molecule has 1 aromatic rings. The van der Waals surface area contributed by atoms with Crippen LogP contribution in [0.5, 0.6) is 0 Å². The Labute approximate surface area is 198 Å². The van der Waals surface area contributed by atoms with Crippen LogP contribution in [0.1, 0.15) is 12.8 Å². The number of rotatable bonds is 16. The van der Waals surface area contributed by atoms with Crippen molar-refractivity contribution in [3.8, 4) is 0 Å². The van der Waals surface area contributed by atoms with Gasteiger partial charge in [0.2, 0.25) is 0 Å². The van der Waals surface area contributed by atoms with Crippen LogP contribution in [0.4, 0.5) is 17.2 Å². The van der Waals surface area contributed by atoms with Gasteiger partial charge in [-0.1, -0.05) is 0 Å². The number of nitrogens with two attached hydrogens (primary N) is 1. The highest BCUT2D eigenvalue weighted by Gasteiger charge is 2.24. The lowest BCUT2D eigenvalue weighted by Gasteiger charge is -2.38. The summed E-state index contributed by atoms with van der Waals surface area (Å²) in [5.41, 5.74) is 7.79. The van der Waals surface area contributed by atoms with Crippen LogP contribution in [0.2, 0.25) is 0 Å². The fraction of sp³-hybridized carbons (Fsp3) is 0.783. The number of morpholine rings is 1. The topological polar surface area (TPSA) is 109 Å². The van der Waals surface area contributed by atoms with Gasteiger partial charge in [0.25, 0.3) is 0 Å². The van der Waals surface area contributed by atoms with E-state index in [0.717, 1.165) is 96.5 Å². The zero-order valence-corrected chi connectivity index (χ0v) is 19.9. The van der Waals surface area contributed by atoms with Gasteiger partial charge in [-0.3, -0.25) is 4.90 Å². The van der Waals surface area contributed by atoms with Crippen LogP contribution in [0, 0.1) is 0 Å². The molecule has 2 aliphatic heterocycles. The molecule has 1 saturated heterocycles. The molecule has 2 aliphatic rings. The zero-order chi connectivity index (χ0) is 23.1. The van der Waals surface area contributed by atoms with Crippen LogP contribution in [0.15, 0.2) is 12.3 Å². The van der Waals surface area contributed by atoms with E-state index in [-0.39, 0.29) is 6.61 Å². The van der Waals surface area contributed by atoms with Gasteiger partial charge in [0, 0.05) is 65.6 Å². The third kappa shape index (κ3) is 9.23. The molecular weight excluding hydrogens is 424 g/mol. The van der Waals surface area contributed by atoms with Crippen LogP contribution in [-0.4, -0.2) is 120 Å². The van der Waals surface area contributed by atoms with Crippen molar-refractivity contribution in [2.75, 3.05) is 121 Å². The molecule has 0 unspecified atom stereocenters. The summed E-state index contributed by atoms with van der Waals surface area (Å²) in [5.74, 6) is 0.973. The molecule has 33 heavy (non-hydrogen) atoms. The number of nitrogen functional groups attached to an aromatic ring is 1. The van der Waals surface area contributed by atoms with Gasteiger partial charge in [-0.15, -0.1) is 0 Å². The summed E-state index contributed by atoms with van der Waals surface area (Å²) in [6.45, 7) is 12.8. The Bertz CT molecular complexity index is 662. The molecule has 10 nitrogen and oxygen atoms in total. The van der Waals surface area contributed by atoms with Gasteiger partial charge in [0.1, 0.15) is 0 Å². The number of hydrogen-bond acceptors (Lipinski definition) is 10. The zero-order valence-electron chi connectivity index (χ0n) is 19.9. The lowest BCUT2D eigenvalue weighted by molar-refractivity contribution is 0.0322. The summed E-state index contributed by atoms with van der Waals surface area (Å²) in [4.78, 5) is 11.7. The van der Waals surface area contributed by atoms with Gasteiger partial charge in [-0.25, -0.2) is 4.98 Å². The second kappa shape index (κ2) is 15.3. The minimum atomic E-state index is 0.171. The van der Waals surface area contributed by atoms with E-state index in [1.165, 1.54) is 0 Å². The SMILES string of the molecule is Nc1cnc2c(c1)N(CCOCCCNCCO)CCN2CCOCCCN1CCOCC1. The molecule has 0 radical (unpaired) electrons. The smallest absolute Gasteiger partial charge is 0.152 e. The first-order valence-corrected chi connectivity index (χ1v) is 12.3. The maximum atomic E-state index is 8.77. The second-order valence-corrected chi connectivity index (χ2v) is 8.44. The van der Waals surface area contributed by atoms with E-state index in [2.05, 4.69) is 25.0 Å². The Kier molecular flexibility index (Phi) is 12.0. The Hall–Kier alpha value is -1.69. The Morgan fingerprint density at radius 3 is 2.45 bits per heavy atom. The number of aliphatic hydroxyl groups is 1. The minimum Gasteiger partial charge on any atom is -0.397 e. The molecule has 1 aromatic heterocycles. The lowest BCUT2D eigenvalue weighted by Crippen LogP contribution is -2.44. The van der Waals surface area contributed by atoms with Gasteiger partial charge in [-0.2, -0.15) is 0 Å². The first kappa shape index (κ1) is 25.9. The number of pyridine rings is 1. The average Bonchev–Trinajstić information content (AvgIpc) is 2.84. The minimum absolute atomic E-state index is 0.171. The maximum absolute atomic E-state index is 8.77. The summed E-state index contributed by atoms with van der Waals surface area (Å²) in [6.07, 6.45) is 3.72. The molecule has 0 atom stereocenters. The monoisotopic (exact) mass is 466 g/mol. The molecule has 0 bridgehead atoms. The number of hydrogen-bond donors (Lipinski definition) is 3. The highest BCUT2D eigenvalue weighted by Crippen LogP contribution is 2.32. The van der Waals surface area contributed by atoms with Crippen LogP contribution in [-0.2, 0) is 14.2 Å². The molecule has 0 aliphatic carbocycles. The van der Waals surface area contributed by atoms with Crippen molar-refractivity contribution in [3.63, 3.8) is 0 Å². The average molecular weight is 467 g/mol. The molecule has 0 spiro atoms. The first-order chi connectivity index (χ1) is 16.3. The Morgan fingerprint density at radius 1 is 0.939 bits per heavy atom. The predicted molar refractivity (Wildman–Crippen MR) is 131 cm³/mol. The molecule has 3 rings (SSSR count). The van der Waals surface area contributed by atoms with Gasteiger partial charge < -0.3 is 40.2 Å². The predicted octanol–water partition coefficient (Wildman–Crippen LogP) is 0.0177. The fourth-order valence-electron chi connectivity index (χ4n) is 4.13. The van der Waals surface area contributed by atoms with Crippen molar-refractivity contribution in [1.29, 1.82) is 0 Å². The fourth-order valence-corrected chi connectivity index (χ4v) is 4.13. The van der Waals surface area contributed by atoms with Gasteiger partial charge in [0.15, 0.2) is 5.82 Å². The molecule has 0 aromatic carbocycles. The van der Waals surface area contributed by atoms with Crippen LogP contribution >= 0.6 is 0 Å². The number of nitrogens with zero attached hydrogens (tertiary/aromatic N) is 4. The Morgan fingerprint density at radius 2 is 1.67 bits per heavy atom. The third-order valence-corrected chi connectivity index (χ3v) is 5.96. The third-order valence-electron chi connectivity index (χ3n) is 5.96. The first-order valence-electron chi connectivity index (χ1n) is 12.3. The highest BCUT2D eigenvalue weighted by molar-refractivity contribution is 5.72. The highest BCUT2D eigenvalue weighted by atomic mass is 16.5. The van der Waals surface area contributed by atoms with Crippen molar-refractivity contribution in [2.24, 2.45) is 0 Å². The molecular formula is C23H42N6O4. The van der Waals surface area contributed by atoms with Crippen molar-refractivity contribution in [1.82, 2.24) is 15.2 Å².